The highest BCUT2D eigenvalue weighted by molar-refractivity contribution is 7.98. The zero-order valence-electron chi connectivity index (χ0n) is 12.0. The van der Waals surface area contributed by atoms with Crippen LogP contribution in [0.25, 0.3) is 0 Å². The molecule has 2 aromatic rings. The molecule has 0 amide bonds. The van der Waals surface area contributed by atoms with Crippen LogP contribution in [0.3, 0.4) is 0 Å². The Morgan fingerprint density at radius 3 is 2.82 bits per heavy atom. The van der Waals surface area contributed by atoms with Gasteiger partial charge in [-0.15, -0.1) is 24.2 Å². The molecule has 1 unspecified atom stereocenters. The largest absolute Gasteiger partial charge is 0.292 e. The van der Waals surface area contributed by atoms with Gasteiger partial charge < -0.3 is 0 Å². The van der Waals surface area contributed by atoms with Crippen LogP contribution in [-0.4, -0.2) is 12.8 Å². The van der Waals surface area contributed by atoms with Crippen molar-refractivity contribution in [1.82, 2.24) is 5.32 Å². The van der Waals surface area contributed by atoms with Gasteiger partial charge in [0.25, 0.3) is 0 Å². The summed E-state index contributed by atoms with van der Waals surface area (Å²) < 4.78 is 0. The summed E-state index contributed by atoms with van der Waals surface area (Å²) in [6.45, 7) is 0.988. The number of nitrogens with one attached hydrogen (secondary N) is 1. The topological polar surface area (TPSA) is 24.4 Å². The van der Waals surface area contributed by atoms with Gasteiger partial charge in [-0.05, 0) is 30.2 Å². The molecule has 1 atom stereocenters. The molecule has 0 spiro atoms. The highest BCUT2D eigenvalue weighted by Gasteiger charge is 2.15. The third-order valence-corrected chi connectivity index (χ3v) is 4.76. The molecule has 0 fully saturated rings. The monoisotopic (exact) mass is 352 g/mol. The van der Waals surface area contributed by atoms with Crippen LogP contribution in [0.5, 0.6) is 0 Å². The van der Waals surface area contributed by atoms with Crippen LogP contribution < -0.4 is 5.32 Å². The van der Waals surface area contributed by atoms with Gasteiger partial charge >= 0.3 is 0 Å². The minimum absolute atomic E-state index is 0. The predicted octanol–water partition coefficient (Wildman–Crippen LogP) is 5.12. The summed E-state index contributed by atoms with van der Waals surface area (Å²) in [6.07, 6.45) is 3.11. The maximum Gasteiger partial charge on any atom is 0.126 e. The average molecular weight is 353 g/mol. The Bertz CT molecular complexity index is 646. The van der Waals surface area contributed by atoms with Crippen LogP contribution in [0, 0.1) is 0 Å². The smallest absolute Gasteiger partial charge is 0.126 e. The molecule has 0 saturated carbocycles. The maximum atomic E-state index is 6.04. The quantitative estimate of drug-likeness (QED) is 0.772. The van der Waals surface area contributed by atoms with Gasteiger partial charge in [-0.25, -0.2) is 0 Å². The molecule has 0 aromatic heterocycles. The van der Waals surface area contributed by atoms with E-state index in [0.29, 0.717) is 0 Å². The van der Waals surface area contributed by atoms with Gasteiger partial charge in [0, 0.05) is 34.0 Å². The first kappa shape index (κ1) is 17.4. The minimum atomic E-state index is 0. The number of benzene rings is 2. The van der Waals surface area contributed by atoms with Crippen molar-refractivity contribution in [2.24, 2.45) is 4.99 Å². The Morgan fingerprint density at radius 2 is 2.05 bits per heavy atom. The van der Waals surface area contributed by atoms with Gasteiger partial charge in [0.2, 0.25) is 0 Å². The molecule has 0 aliphatic carbocycles. The third-order valence-electron chi connectivity index (χ3n) is 3.36. The van der Waals surface area contributed by atoms with E-state index >= 15 is 0 Å². The van der Waals surface area contributed by atoms with E-state index in [-0.39, 0.29) is 18.6 Å². The van der Waals surface area contributed by atoms with Crippen molar-refractivity contribution in [2.45, 2.75) is 23.2 Å². The number of hydrogen-bond acceptors (Lipinski definition) is 3. The van der Waals surface area contributed by atoms with Crippen LogP contribution in [0.2, 0.25) is 5.02 Å². The van der Waals surface area contributed by atoms with E-state index in [9.17, 15) is 0 Å². The van der Waals surface area contributed by atoms with Gasteiger partial charge in [-0.2, -0.15) is 0 Å². The summed E-state index contributed by atoms with van der Waals surface area (Å²) >= 11 is 7.87. The second kappa shape index (κ2) is 8.59. The second-order valence-electron chi connectivity index (χ2n) is 4.93. The van der Waals surface area contributed by atoms with Crippen LogP contribution in [0.4, 0.5) is 0 Å². The van der Waals surface area contributed by atoms with Crippen LogP contribution in [-0.2, 0) is 5.75 Å². The van der Waals surface area contributed by atoms with Crippen molar-refractivity contribution in [3.63, 3.8) is 0 Å². The molecule has 116 valence electrons. The number of hydrogen-bond donors (Lipinski definition) is 1. The molecule has 1 N–H and O–H groups in total. The van der Waals surface area contributed by atoms with Crippen LogP contribution in [0.1, 0.15) is 23.7 Å². The number of rotatable bonds is 4. The maximum absolute atomic E-state index is 6.04. The number of aliphatic imine (C=N–C) groups is 1. The fourth-order valence-electron chi connectivity index (χ4n) is 2.33. The van der Waals surface area contributed by atoms with Crippen LogP contribution in [0.15, 0.2) is 58.4 Å². The van der Waals surface area contributed by atoms with E-state index in [1.807, 2.05) is 36.2 Å². The normalized spacial score (nSPS) is 17.0. The Labute approximate surface area is 146 Å². The lowest BCUT2D eigenvalue weighted by Crippen LogP contribution is -2.25. The molecule has 5 heteroatoms. The average Bonchev–Trinajstić information content (AvgIpc) is 2.54. The summed E-state index contributed by atoms with van der Waals surface area (Å²) in [5, 5.41) is 4.24. The minimum Gasteiger partial charge on any atom is -0.292 e. The van der Waals surface area contributed by atoms with E-state index in [0.717, 1.165) is 23.7 Å². The van der Waals surface area contributed by atoms with Crippen molar-refractivity contribution in [3.8, 4) is 0 Å². The van der Waals surface area contributed by atoms with E-state index in [2.05, 4.69) is 40.6 Å². The molecule has 22 heavy (non-hydrogen) atoms. The molecule has 1 heterocycles. The zero-order chi connectivity index (χ0) is 14.5. The Kier molecular flexibility index (Phi) is 6.77. The lowest BCUT2D eigenvalue weighted by molar-refractivity contribution is 0.540. The van der Waals surface area contributed by atoms with Crippen molar-refractivity contribution < 1.29 is 0 Å². The summed E-state index contributed by atoms with van der Waals surface area (Å²) in [4.78, 5) is 5.83. The molecular formula is C17H18Cl2N2S. The standard InChI is InChI=1S/C17H17ClN2S.ClH/c18-14-6-3-5-13(11-14)12-21-16-8-2-1-7-15(16)17-19-9-4-10-20-17;/h1-3,5-9,11,17,20H,4,10,12H2;1H. The highest BCUT2D eigenvalue weighted by Crippen LogP contribution is 2.31. The van der Waals surface area contributed by atoms with Gasteiger partial charge in [-0.1, -0.05) is 41.9 Å². The van der Waals surface area contributed by atoms with Crippen molar-refractivity contribution in [3.05, 3.63) is 64.7 Å². The first-order valence-electron chi connectivity index (χ1n) is 7.04. The summed E-state index contributed by atoms with van der Waals surface area (Å²) in [5.74, 6) is 0.911. The van der Waals surface area contributed by atoms with Gasteiger partial charge in [0.05, 0.1) is 0 Å². The lowest BCUT2D eigenvalue weighted by Gasteiger charge is -2.20. The molecule has 0 radical (unpaired) electrons. The lowest BCUT2D eigenvalue weighted by atomic mass is 10.1. The van der Waals surface area contributed by atoms with E-state index in [4.69, 9.17) is 11.6 Å². The molecule has 3 rings (SSSR count). The van der Waals surface area contributed by atoms with E-state index in [1.54, 1.807) is 0 Å². The molecule has 1 aliphatic heterocycles. The summed E-state index contributed by atoms with van der Waals surface area (Å²) in [5.41, 5.74) is 2.49. The molecule has 2 nitrogen and oxygen atoms in total. The van der Waals surface area contributed by atoms with Crippen molar-refractivity contribution in [2.75, 3.05) is 6.54 Å². The van der Waals surface area contributed by atoms with Crippen molar-refractivity contribution >= 4 is 42.0 Å². The fourth-order valence-corrected chi connectivity index (χ4v) is 3.57. The third kappa shape index (κ3) is 4.50. The summed E-state index contributed by atoms with van der Waals surface area (Å²) in [7, 11) is 0. The first-order chi connectivity index (χ1) is 10.3. The zero-order valence-corrected chi connectivity index (χ0v) is 14.4. The van der Waals surface area contributed by atoms with Crippen LogP contribution >= 0.6 is 35.8 Å². The van der Waals surface area contributed by atoms with Crippen molar-refractivity contribution in [1.29, 1.82) is 0 Å². The molecule has 2 aromatic carbocycles. The SMILES string of the molecule is Cl.Clc1cccc(CSc2ccccc2C2N=CCCN2)c1. The number of nitrogens with zero attached hydrogens (tertiary/aromatic N) is 1. The van der Waals surface area contributed by atoms with Gasteiger partial charge in [-0.3, -0.25) is 10.3 Å². The molecule has 0 bridgehead atoms. The Morgan fingerprint density at radius 1 is 1.18 bits per heavy atom. The first-order valence-corrected chi connectivity index (χ1v) is 8.40. The second-order valence-corrected chi connectivity index (χ2v) is 6.39. The molecule has 1 aliphatic rings. The van der Waals surface area contributed by atoms with Gasteiger partial charge in [0.1, 0.15) is 6.17 Å². The molecular weight excluding hydrogens is 335 g/mol. The number of thioether (sulfide) groups is 1. The Hall–Kier alpha value is -1.00. The van der Waals surface area contributed by atoms with E-state index in [1.165, 1.54) is 16.0 Å². The molecule has 0 saturated heterocycles. The fraction of sp³-hybridized carbons (Fsp3) is 0.235. The summed E-state index contributed by atoms with van der Waals surface area (Å²) in [6, 6.07) is 16.5. The Balaban J connectivity index is 0.00000176. The van der Waals surface area contributed by atoms with Gasteiger partial charge in [0.15, 0.2) is 0 Å². The predicted molar refractivity (Wildman–Crippen MR) is 98.6 cm³/mol. The number of halogens is 2. The van der Waals surface area contributed by atoms with E-state index < -0.39 is 0 Å². The highest BCUT2D eigenvalue weighted by atomic mass is 35.5.